The van der Waals surface area contributed by atoms with Crippen molar-refractivity contribution in [2.75, 3.05) is 16.8 Å². The highest BCUT2D eigenvalue weighted by Gasteiger charge is 2.30. The Balaban J connectivity index is 1.52. The fourth-order valence-corrected chi connectivity index (χ4v) is 3.31. The van der Waals surface area contributed by atoms with E-state index in [1.54, 1.807) is 4.90 Å². The fourth-order valence-electron chi connectivity index (χ4n) is 3.31. The van der Waals surface area contributed by atoms with Gasteiger partial charge in [0.15, 0.2) is 6.61 Å². The zero-order valence-electron chi connectivity index (χ0n) is 15.7. The molecule has 1 heterocycles. The van der Waals surface area contributed by atoms with E-state index in [2.05, 4.69) is 10.5 Å². The van der Waals surface area contributed by atoms with Gasteiger partial charge >= 0.3 is 0 Å². The maximum atomic E-state index is 12.5. The van der Waals surface area contributed by atoms with E-state index in [4.69, 9.17) is 4.84 Å². The van der Waals surface area contributed by atoms with Crippen LogP contribution < -0.4 is 10.2 Å². The summed E-state index contributed by atoms with van der Waals surface area (Å²) >= 11 is 0. The van der Waals surface area contributed by atoms with Crippen molar-refractivity contribution in [1.29, 1.82) is 0 Å². The Labute approximate surface area is 158 Å². The Morgan fingerprint density at radius 2 is 2.04 bits per heavy atom. The van der Waals surface area contributed by atoms with Crippen molar-refractivity contribution in [2.45, 2.75) is 33.2 Å². The second kappa shape index (κ2) is 8.03. The van der Waals surface area contributed by atoms with Crippen LogP contribution in [0.15, 0.2) is 47.6 Å². The highest BCUT2D eigenvalue weighted by molar-refractivity contribution is 6.31. The van der Waals surface area contributed by atoms with Gasteiger partial charge in [0.2, 0.25) is 0 Å². The number of para-hydroxylation sites is 1. The Hall–Kier alpha value is -3.15. The zero-order valence-corrected chi connectivity index (χ0v) is 15.7. The average Bonchev–Trinajstić information content (AvgIpc) is 2.97. The lowest BCUT2D eigenvalue weighted by molar-refractivity contribution is -0.123. The predicted octanol–water partition coefficient (Wildman–Crippen LogP) is 3.22. The Bertz CT molecular complexity index is 892. The van der Waals surface area contributed by atoms with Gasteiger partial charge in [0.1, 0.15) is 6.21 Å². The summed E-state index contributed by atoms with van der Waals surface area (Å²) in [5, 5.41) is 6.36. The molecule has 0 bridgehead atoms. The van der Waals surface area contributed by atoms with Crippen LogP contribution >= 0.6 is 0 Å². The average molecular weight is 365 g/mol. The van der Waals surface area contributed by atoms with Crippen molar-refractivity contribution in [1.82, 2.24) is 0 Å². The van der Waals surface area contributed by atoms with Crippen LogP contribution in [0.1, 0.15) is 23.6 Å². The first-order valence-corrected chi connectivity index (χ1v) is 8.89. The van der Waals surface area contributed by atoms with Gasteiger partial charge in [-0.3, -0.25) is 9.59 Å². The molecule has 2 aromatic rings. The summed E-state index contributed by atoms with van der Waals surface area (Å²) in [5.41, 5.74) is 4.87. The summed E-state index contributed by atoms with van der Waals surface area (Å²) in [6.07, 6.45) is 1.86. The topological polar surface area (TPSA) is 71.0 Å². The molecule has 27 heavy (non-hydrogen) atoms. The first-order valence-electron chi connectivity index (χ1n) is 8.89. The third-order valence-corrected chi connectivity index (χ3v) is 4.55. The molecule has 0 fully saturated rings. The summed E-state index contributed by atoms with van der Waals surface area (Å²) in [6, 6.07) is 13.7. The van der Waals surface area contributed by atoms with Gasteiger partial charge in [-0.05, 0) is 50.5 Å². The van der Waals surface area contributed by atoms with Crippen molar-refractivity contribution in [3.8, 4) is 0 Å². The largest absolute Gasteiger partial charge is 0.385 e. The minimum atomic E-state index is -0.408. The summed E-state index contributed by atoms with van der Waals surface area (Å²) in [5.74, 6) is -0.589. The SMILES string of the molecule is Cc1ccc(NC(=O)/C=N\OCC(=O)N2c3ccccc3C[C@@H]2C)c(C)c1. The van der Waals surface area contributed by atoms with E-state index in [1.165, 1.54) is 0 Å². The number of carbonyl (C=O) groups excluding carboxylic acids is 2. The van der Waals surface area contributed by atoms with Gasteiger partial charge in [0.25, 0.3) is 11.8 Å². The molecule has 0 saturated carbocycles. The number of hydrogen-bond acceptors (Lipinski definition) is 4. The number of anilines is 2. The molecule has 1 aliphatic heterocycles. The molecule has 6 nitrogen and oxygen atoms in total. The molecule has 2 amide bonds. The van der Waals surface area contributed by atoms with Gasteiger partial charge in [-0.15, -0.1) is 0 Å². The van der Waals surface area contributed by atoms with Crippen LogP contribution in [0.3, 0.4) is 0 Å². The minimum absolute atomic E-state index is 0.0790. The monoisotopic (exact) mass is 365 g/mol. The molecule has 1 aliphatic rings. The van der Waals surface area contributed by atoms with Gasteiger partial charge in [0.05, 0.1) is 0 Å². The van der Waals surface area contributed by atoms with Crippen molar-refractivity contribution in [3.63, 3.8) is 0 Å². The normalized spacial score (nSPS) is 15.7. The number of nitrogens with zero attached hydrogens (tertiary/aromatic N) is 2. The smallest absolute Gasteiger partial charge is 0.270 e. The molecule has 0 radical (unpaired) electrons. The van der Waals surface area contributed by atoms with Gasteiger partial charge in [-0.2, -0.15) is 0 Å². The molecule has 0 aromatic heterocycles. The zero-order chi connectivity index (χ0) is 19.4. The quantitative estimate of drug-likeness (QED) is 0.653. The van der Waals surface area contributed by atoms with Crippen LogP contribution in [0.25, 0.3) is 0 Å². The molecule has 1 N–H and O–H groups in total. The molecule has 140 valence electrons. The second-order valence-electron chi connectivity index (χ2n) is 6.76. The first kappa shape index (κ1) is 18.6. The molecule has 6 heteroatoms. The second-order valence-corrected chi connectivity index (χ2v) is 6.76. The Kier molecular flexibility index (Phi) is 5.54. The maximum absolute atomic E-state index is 12.5. The molecule has 3 rings (SSSR count). The van der Waals surface area contributed by atoms with Crippen molar-refractivity contribution in [3.05, 3.63) is 59.2 Å². The maximum Gasteiger partial charge on any atom is 0.270 e. The van der Waals surface area contributed by atoms with E-state index < -0.39 is 5.91 Å². The summed E-state index contributed by atoms with van der Waals surface area (Å²) in [4.78, 5) is 31.2. The molecule has 0 aliphatic carbocycles. The minimum Gasteiger partial charge on any atom is -0.385 e. The number of rotatable bonds is 5. The Morgan fingerprint density at radius 1 is 1.26 bits per heavy atom. The van der Waals surface area contributed by atoms with E-state index in [-0.39, 0.29) is 18.6 Å². The van der Waals surface area contributed by atoms with Crippen LogP contribution in [0, 0.1) is 13.8 Å². The fraction of sp³-hybridized carbons (Fsp3) is 0.286. The van der Waals surface area contributed by atoms with Gasteiger partial charge in [-0.1, -0.05) is 41.1 Å². The number of aryl methyl sites for hydroxylation is 2. The summed E-state index contributed by atoms with van der Waals surface area (Å²) in [7, 11) is 0. The van der Waals surface area contributed by atoms with E-state index in [0.29, 0.717) is 0 Å². The predicted molar refractivity (Wildman–Crippen MR) is 106 cm³/mol. The molecular weight excluding hydrogens is 342 g/mol. The lowest BCUT2D eigenvalue weighted by Crippen LogP contribution is -2.38. The molecule has 0 unspecified atom stereocenters. The molecular formula is C21H23N3O3. The van der Waals surface area contributed by atoms with Gasteiger partial charge in [-0.25, -0.2) is 0 Å². The number of carbonyl (C=O) groups is 2. The van der Waals surface area contributed by atoms with E-state index >= 15 is 0 Å². The van der Waals surface area contributed by atoms with Gasteiger partial charge in [0, 0.05) is 17.4 Å². The van der Waals surface area contributed by atoms with Crippen molar-refractivity contribution >= 4 is 29.4 Å². The highest BCUT2D eigenvalue weighted by atomic mass is 16.6. The van der Waals surface area contributed by atoms with Crippen LogP contribution in [0.4, 0.5) is 11.4 Å². The third kappa shape index (κ3) is 4.34. The number of amides is 2. The number of nitrogens with one attached hydrogen (secondary N) is 1. The number of oxime groups is 1. The summed E-state index contributed by atoms with van der Waals surface area (Å²) in [6.45, 7) is 5.69. The standard InChI is InChI=1S/C21H23N3O3/c1-14-8-9-18(15(2)10-14)23-20(25)12-22-27-13-21(26)24-16(3)11-17-6-4-5-7-19(17)24/h4-10,12,16H,11,13H2,1-3H3,(H,23,25)/b22-12-/t16-/m0/s1. The van der Waals surface area contributed by atoms with E-state index in [0.717, 1.165) is 40.7 Å². The van der Waals surface area contributed by atoms with Crippen LogP contribution in [0.5, 0.6) is 0 Å². The number of fused-ring (bicyclic) bond motifs is 1. The van der Waals surface area contributed by atoms with Crippen molar-refractivity contribution in [2.24, 2.45) is 5.16 Å². The van der Waals surface area contributed by atoms with Crippen molar-refractivity contribution < 1.29 is 14.4 Å². The lowest BCUT2D eigenvalue weighted by atomic mass is 10.1. The molecule has 0 saturated heterocycles. The Morgan fingerprint density at radius 3 is 2.81 bits per heavy atom. The van der Waals surface area contributed by atoms with E-state index in [1.807, 2.05) is 63.2 Å². The van der Waals surface area contributed by atoms with Crippen LogP contribution in [-0.2, 0) is 20.8 Å². The van der Waals surface area contributed by atoms with Crippen LogP contribution in [-0.4, -0.2) is 30.7 Å². The molecule has 1 atom stereocenters. The third-order valence-electron chi connectivity index (χ3n) is 4.55. The number of hydrogen-bond donors (Lipinski definition) is 1. The highest BCUT2D eigenvalue weighted by Crippen LogP contribution is 2.31. The first-order chi connectivity index (χ1) is 13.0. The van der Waals surface area contributed by atoms with E-state index in [9.17, 15) is 9.59 Å². The summed E-state index contributed by atoms with van der Waals surface area (Å²) < 4.78 is 0. The molecule has 2 aromatic carbocycles. The molecule has 0 spiro atoms. The van der Waals surface area contributed by atoms with Gasteiger partial charge < -0.3 is 15.1 Å². The number of benzene rings is 2. The lowest BCUT2D eigenvalue weighted by Gasteiger charge is -2.21. The van der Waals surface area contributed by atoms with Crippen LogP contribution in [0.2, 0.25) is 0 Å².